The zero-order chi connectivity index (χ0) is 11.8. The van der Waals surface area contributed by atoms with Gasteiger partial charge in [-0.15, -0.1) is 0 Å². The van der Waals surface area contributed by atoms with Crippen LogP contribution >= 0.6 is 0 Å². The SMILES string of the molecule is CS(=O)(=O)CCc1ccc(C2(O)CC2)cc1. The maximum Gasteiger partial charge on any atom is 0.147 e. The lowest BCUT2D eigenvalue weighted by Crippen LogP contribution is -2.07. The Morgan fingerprint density at radius 1 is 1.25 bits per heavy atom. The van der Waals surface area contributed by atoms with Crippen LogP contribution in [0.2, 0.25) is 0 Å². The third kappa shape index (κ3) is 2.83. The zero-order valence-electron chi connectivity index (χ0n) is 9.31. The molecule has 4 heteroatoms. The minimum Gasteiger partial charge on any atom is -0.385 e. The van der Waals surface area contributed by atoms with E-state index < -0.39 is 15.4 Å². The molecule has 0 aromatic heterocycles. The fraction of sp³-hybridized carbons (Fsp3) is 0.500. The number of hydrogen-bond donors (Lipinski definition) is 1. The molecule has 0 saturated heterocycles. The molecule has 0 atom stereocenters. The van der Waals surface area contributed by atoms with Crippen LogP contribution in [0.4, 0.5) is 0 Å². The van der Waals surface area contributed by atoms with Gasteiger partial charge in [0, 0.05) is 6.26 Å². The second-order valence-corrected chi connectivity index (χ2v) is 6.87. The first-order valence-corrected chi connectivity index (χ1v) is 7.45. The topological polar surface area (TPSA) is 54.4 Å². The Morgan fingerprint density at radius 3 is 2.25 bits per heavy atom. The molecule has 1 fully saturated rings. The lowest BCUT2D eigenvalue weighted by molar-refractivity contribution is 0.151. The minimum absolute atomic E-state index is 0.177. The van der Waals surface area contributed by atoms with Crippen molar-refractivity contribution >= 4 is 9.84 Å². The van der Waals surface area contributed by atoms with Crippen LogP contribution in [-0.4, -0.2) is 25.5 Å². The molecule has 88 valence electrons. The van der Waals surface area contributed by atoms with Crippen LogP contribution in [0.15, 0.2) is 24.3 Å². The van der Waals surface area contributed by atoms with Gasteiger partial charge in [0.2, 0.25) is 0 Å². The molecular weight excluding hydrogens is 224 g/mol. The summed E-state index contributed by atoms with van der Waals surface area (Å²) in [7, 11) is -2.90. The van der Waals surface area contributed by atoms with Gasteiger partial charge in [0.1, 0.15) is 9.84 Å². The highest BCUT2D eigenvalue weighted by molar-refractivity contribution is 7.90. The molecule has 16 heavy (non-hydrogen) atoms. The van der Waals surface area contributed by atoms with Crippen molar-refractivity contribution in [3.63, 3.8) is 0 Å². The Hall–Kier alpha value is -0.870. The molecule has 1 saturated carbocycles. The van der Waals surface area contributed by atoms with Crippen LogP contribution in [0, 0.1) is 0 Å². The average molecular weight is 240 g/mol. The van der Waals surface area contributed by atoms with Crippen molar-refractivity contribution in [2.24, 2.45) is 0 Å². The van der Waals surface area contributed by atoms with E-state index >= 15 is 0 Å². The van der Waals surface area contributed by atoms with E-state index in [1.807, 2.05) is 24.3 Å². The summed E-state index contributed by atoms with van der Waals surface area (Å²) < 4.78 is 22.0. The summed E-state index contributed by atoms with van der Waals surface area (Å²) in [5, 5.41) is 9.85. The Bertz CT molecular complexity index is 469. The molecule has 1 aromatic rings. The monoisotopic (exact) mass is 240 g/mol. The summed E-state index contributed by atoms with van der Waals surface area (Å²) in [4.78, 5) is 0. The summed E-state index contributed by atoms with van der Waals surface area (Å²) in [5.74, 6) is 0.177. The number of hydrogen-bond acceptors (Lipinski definition) is 3. The molecule has 1 aliphatic rings. The number of aryl methyl sites for hydroxylation is 1. The van der Waals surface area contributed by atoms with Gasteiger partial charge in [-0.2, -0.15) is 0 Å². The molecule has 0 unspecified atom stereocenters. The Labute approximate surface area is 96.0 Å². The van der Waals surface area contributed by atoms with Gasteiger partial charge in [0.15, 0.2) is 0 Å². The molecule has 0 amide bonds. The van der Waals surface area contributed by atoms with Crippen LogP contribution in [0.25, 0.3) is 0 Å². The summed E-state index contributed by atoms with van der Waals surface area (Å²) in [6, 6.07) is 7.59. The molecule has 0 bridgehead atoms. The van der Waals surface area contributed by atoms with Gasteiger partial charge in [-0.25, -0.2) is 8.42 Å². The van der Waals surface area contributed by atoms with Crippen molar-refractivity contribution in [3.05, 3.63) is 35.4 Å². The van der Waals surface area contributed by atoms with Gasteiger partial charge >= 0.3 is 0 Å². The quantitative estimate of drug-likeness (QED) is 0.862. The molecular formula is C12H16O3S. The van der Waals surface area contributed by atoms with Crippen molar-refractivity contribution in [2.45, 2.75) is 24.9 Å². The Morgan fingerprint density at radius 2 is 1.81 bits per heavy atom. The molecule has 0 spiro atoms. The highest BCUT2D eigenvalue weighted by Gasteiger charge is 2.41. The van der Waals surface area contributed by atoms with Crippen LogP contribution in [-0.2, 0) is 21.9 Å². The van der Waals surface area contributed by atoms with Gasteiger partial charge < -0.3 is 5.11 Å². The van der Waals surface area contributed by atoms with Gasteiger partial charge in [-0.05, 0) is 30.4 Å². The van der Waals surface area contributed by atoms with Gasteiger partial charge in [0.05, 0.1) is 11.4 Å². The molecule has 1 aliphatic carbocycles. The van der Waals surface area contributed by atoms with Crippen molar-refractivity contribution in [1.29, 1.82) is 0 Å². The second-order valence-electron chi connectivity index (χ2n) is 4.61. The third-order valence-electron chi connectivity index (χ3n) is 2.98. The minimum atomic E-state index is -2.90. The summed E-state index contributed by atoms with van der Waals surface area (Å²) in [6.07, 6.45) is 3.44. The predicted octanol–water partition coefficient (Wildman–Crippen LogP) is 1.26. The lowest BCUT2D eigenvalue weighted by Gasteiger charge is -2.08. The normalized spacial score (nSPS) is 18.4. The van der Waals surface area contributed by atoms with Crippen molar-refractivity contribution in [1.82, 2.24) is 0 Å². The van der Waals surface area contributed by atoms with E-state index in [9.17, 15) is 13.5 Å². The van der Waals surface area contributed by atoms with Crippen LogP contribution in [0.5, 0.6) is 0 Å². The molecule has 3 nitrogen and oxygen atoms in total. The first-order valence-electron chi connectivity index (χ1n) is 5.39. The average Bonchev–Trinajstić information content (AvgIpc) is 2.95. The lowest BCUT2D eigenvalue weighted by atomic mass is 10.0. The van der Waals surface area contributed by atoms with E-state index in [-0.39, 0.29) is 5.75 Å². The highest BCUT2D eigenvalue weighted by atomic mass is 32.2. The van der Waals surface area contributed by atoms with Crippen molar-refractivity contribution in [2.75, 3.05) is 12.0 Å². The fourth-order valence-electron chi connectivity index (χ4n) is 1.69. The van der Waals surface area contributed by atoms with Crippen LogP contribution in [0.1, 0.15) is 24.0 Å². The third-order valence-corrected chi connectivity index (χ3v) is 3.92. The predicted molar refractivity (Wildman–Crippen MR) is 63.0 cm³/mol. The first kappa shape index (κ1) is 11.6. The van der Waals surface area contributed by atoms with E-state index in [4.69, 9.17) is 0 Å². The number of rotatable bonds is 4. The van der Waals surface area contributed by atoms with E-state index in [1.54, 1.807) is 0 Å². The van der Waals surface area contributed by atoms with Gasteiger partial charge in [0.25, 0.3) is 0 Å². The van der Waals surface area contributed by atoms with Gasteiger partial charge in [-0.1, -0.05) is 24.3 Å². The van der Waals surface area contributed by atoms with E-state index in [1.165, 1.54) is 6.26 Å². The molecule has 1 aromatic carbocycles. The first-order chi connectivity index (χ1) is 7.39. The Balaban J connectivity index is 2.03. The maximum atomic E-state index is 11.0. The second kappa shape index (κ2) is 3.86. The molecule has 0 radical (unpaired) electrons. The van der Waals surface area contributed by atoms with Crippen molar-refractivity contribution in [3.8, 4) is 0 Å². The van der Waals surface area contributed by atoms with E-state index in [2.05, 4.69) is 0 Å². The van der Waals surface area contributed by atoms with Crippen molar-refractivity contribution < 1.29 is 13.5 Å². The smallest absolute Gasteiger partial charge is 0.147 e. The summed E-state index contributed by atoms with van der Waals surface area (Å²) in [6.45, 7) is 0. The Kier molecular flexibility index (Phi) is 2.80. The summed E-state index contributed by atoms with van der Waals surface area (Å²) in [5.41, 5.74) is 1.34. The summed E-state index contributed by atoms with van der Waals surface area (Å²) >= 11 is 0. The van der Waals surface area contributed by atoms with Crippen LogP contribution in [0.3, 0.4) is 0 Å². The highest BCUT2D eigenvalue weighted by Crippen LogP contribution is 2.45. The zero-order valence-corrected chi connectivity index (χ0v) is 10.1. The number of benzene rings is 1. The standard InChI is InChI=1S/C12H16O3S/c1-16(14,15)9-6-10-2-4-11(5-3-10)12(13)7-8-12/h2-5,13H,6-9H2,1H3. The number of sulfone groups is 1. The molecule has 1 N–H and O–H groups in total. The maximum absolute atomic E-state index is 11.0. The molecule has 0 aliphatic heterocycles. The van der Waals surface area contributed by atoms with Gasteiger partial charge in [-0.3, -0.25) is 0 Å². The number of aliphatic hydroxyl groups is 1. The van der Waals surface area contributed by atoms with E-state index in [0.29, 0.717) is 6.42 Å². The molecule has 2 rings (SSSR count). The fourth-order valence-corrected chi connectivity index (χ4v) is 2.30. The van der Waals surface area contributed by atoms with Crippen LogP contribution < -0.4 is 0 Å². The molecule has 0 heterocycles. The van der Waals surface area contributed by atoms with E-state index in [0.717, 1.165) is 24.0 Å². The largest absolute Gasteiger partial charge is 0.385 e.